The standard InChI is InChI=1S/C12H18BrN3O2S/c1-9-11(13)5-6-12(15-9)16-19(17,18)8-10-4-2-3-7-14-10/h5-6,10,14H,2-4,7-8H2,1H3,(H,15,16). The molecule has 1 unspecified atom stereocenters. The van der Waals surface area contributed by atoms with Crippen molar-refractivity contribution >= 4 is 31.8 Å². The number of anilines is 1. The minimum absolute atomic E-state index is 0.0443. The van der Waals surface area contributed by atoms with Gasteiger partial charge in [0, 0.05) is 10.5 Å². The smallest absolute Gasteiger partial charge is 0.235 e. The van der Waals surface area contributed by atoms with Gasteiger partial charge in [-0.1, -0.05) is 6.42 Å². The number of rotatable bonds is 4. The van der Waals surface area contributed by atoms with Crippen molar-refractivity contribution in [2.45, 2.75) is 32.2 Å². The maximum absolute atomic E-state index is 12.1. The van der Waals surface area contributed by atoms with E-state index in [4.69, 9.17) is 0 Å². The monoisotopic (exact) mass is 347 g/mol. The molecule has 2 heterocycles. The number of hydrogen-bond donors (Lipinski definition) is 2. The molecular formula is C12H18BrN3O2S. The van der Waals surface area contributed by atoms with Crippen molar-refractivity contribution in [2.75, 3.05) is 17.0 Å². The zero-order chi connectivity index (χ0) is 13.9. The Labute approximate surface area is 122 Å². The van der Waals surface area contributed by atoms with Gasteiger partial charge in [0.25, 0.3) is 0 Å². The van der Waals surface area contributed by atoms with Crippen molar-refractivity contribution in [2.24, 2.45) is 0 Å². The van der Waals surface area contributed by atoms with Crippen molar-refractivity contribution in [3.05, 3.63) is 22.3 Å². The zero-order valence-corrected chi connectivity index (χ0v) is 13.2. The maximum atomic E-state index is 12.1. The number of nitrogens with zero attached hydrogens (tertiary/aromatic N) is 1. The molecule has 1 aliphatic rings. The fourth-order valence-corrected chi connectivity index (χ4v) is 3.68. The number of pyridine rings is 1. The van der Waals surface area contributed by atoms with Gasteiger partial charge in [-0.25, -0.2) is 13.4 Å². The molecule has 2 N–H and O–H groups in total. The zero-order valence-electron chi connectivity index (χ0n) is 10.8. The summed E-state index contributed by atoms with van der Waals surface area (Å²) in [6.45, 7) is 2.72. The van der Waals surface area contributed by atoms with Gasteiger partial charge in [-0.15, -0.1) is 0 Å². The molecule has 0 aliphatic carbocycles. The summed E-state index contributed by atoms with van der Waals surface area (Å²) in [6, 6.07) is 3.49. The summed E-state index contributed by atoms with van der Waals surface area (Å²) < 4.78 is 27.5. The van der Waals surface area contributed by atoms with Gasteiger partial charge >= 0.3 is 0 Å². The highest BCUT2D eigenvalue weighted by Gasteiger charge is 2.21. The largest absolute Gasteiger partial charge is 0.313 e. The van der Waals surface area contributed by atoms with Gasteiger partial charge in [0.2, 0.25) is 10.0 Å². The van der Waals surface area contributed by atoms with Crippen molar-refractivity contribution in [3.63, 3.8) is 0 Å². The molecule has 5 nitrogen and oxygen atoms in total. The van der Waals surface area contributed by atoms with Crippen LogP contribution in [0.2, 0.25) is 0 Å². The molecule has 0 bridgehead atoms. The molecule has 1 fully saturated rings. The Balaban J connectivity index is 2.01. The molecule has 0 spiro atoms. The minimum Gasteiger partial charge on any atom is -0.313 e. The highest BCUT2D eigenvalue weighted by molar-refractivity contribution is 9.10. The van der Waals surface area contributed by atoms with E-state index in [0.29, 0.717) is 5.82 Å². The Hall–Kier alpha value is -0.660. The Morgan fingerprint density at radius 1 is 1.47 bits per heavy atom. The van der Waals surface area contributed by atoms with E-state index in [-0.39, 0.29) is 11.8 Å². The molecule has 0 saturated carbocycles. The van der Waals surface area contributed by atoms with Crippen LogP contribution < -0.4 is 10.0 Å². The Kier molecular flexibility index (Phi) is 4.81. The van der Waals surface area contributed by atoms with Crippen LogP contribution in [0.25, 0.3) is 0 Å². The van der Waals surface area contributed by atoms with Crippen LogP contribution in [0, 0.1) is 6.92 Å². The molecule has 1 aromatic heterocycles. The third-order valence-electron chi connectivity index (χ3n) is 3.11. The van der Waals surface area contributed by atoms with Crippen LogP contribution in [0.15, 0.2) is 16.6 Å². The van der Waals surface area contributed by atoms with Crippen LogP contribution in [0.4, 0.5) is 5.82 Å². The van der Waals surface area contributed by atoms with Gasteiger partial charge in [0.05, 0.1) is 11.4 Å². The molecule has 7 heteroatoms. The molecule has 0 aromatic carbocycles. The van der Waals surface area contributed by atoms with E-state index in [1.807, 2.05) is 6.92 Å². The summed E-state index contributed by atoms with van der Waals surface area (Å²) in [7, 11) is -3.35. The van der Waals surface area contributed by atoms with Gasteiger partial charge in [0.15, 0.2) is 0 Å². The maximum Gasteiger partial charge on any atom is 0.235 e. The average Bonchev–Trinajstić information content (AvgIpc) is 2.34. The fraction of sp³-hybridized carbons (Fsp3) is 0.583. The predicted octanol–water partition coefficient (Wildman–Crippen LogP) is 2.04. The Morgan fingerprint density at radius 3 is 2.89 bits per heavy atom. The molecule has 1 atom stereocenters. The number of piperidine rings is 1. The lowest BCUT2D eigenvalue weighted by Gasteiger charge is -2.23. The first-order valence-corrected chi connectivity index (χ1v) is 8.78. The van der Waals surface area contributed by atoms with E-state index >= 15 is 0 Å². The highest BCUT2D eigenvalue weighted by Crippen LogP contribution is 2.17. The fourth-order valence-electron chi connectivity index (χ4n) is 2.13. The SMILES string of the molecule is Cc1nc(NS(=O)(=O)CC2CCCCN2)ccc1Br. The molecule has 0 radical (unpaired) electrons. The molecule has 1 saturated heterocycles. The first kappa shape index (κ1) is 14.7. The first-order chi connectivity index (χ1) is 8.96. The number of nitrogens with one attached hydrogen (secondary N) is 2. The Morgan fingerprint density at radius 2 is 2.26 bits per heavy atom. The Bertz CT molecular complexity index is 542. The number of aryl methyl sites for hydroxylation is 1. The molecule has 1 aromatic rings. The van der Waals surface area contributed by atoms with Crippen molar-refractivity contribution in [1.29, 1.82) is 0 Å². The third-order valence-corrected chi connectivity index (χ3v) is 5.31. The topological polar surface area (TPSA) is 71.1 Å². The second-order valence-corrected chi connectivity index (χ2v) is 7.42. The summed E-state index contributed by atoms with van der Waals surface area (Å²) in [5.41, 5.74) is 0.760. The number of aromatic nitrogens is 1. The van der Waals surface area contributed by atoms with Crippen molar-refractivity contribution in [3.8, 4) is 0 Å². The van der Waals surface area contributed by atoms with Crippen LogP contribution in [0.3, 0.4) is 0 Å². The first-order valence-electron chi connectivity index (χ1n) is 6.33. The number of sulfonamides is 1. The normalized spacial score (nSPS) is 20.2. The lowest BCUT2D eigenvalue weighted by atomic mass is 10.1. The summed E-state index contributed by atoms with van der Waals surface area (Å²) in [4.78, 5) is 4.19. The van der Waals surface area contributed by atoms with E-state index < -0.39 is 10.0 Å². The lowest BCUT2D eigenvalue weighted by molar-refractivity contribution is 0.424. The molecule has 2 rings (SSSR count). The van der Waals surface area contributed by atoms with E-state index in [9.17, 15) is 8.42 Å². The van der Waals surface area contributed by atoms with Gasteiger partial charge in [-0.3, -0.25) is 4.72 Å². The van der Waals surface area contributed by atoms with Crippen LogP contribution in [0.5, 0.6) is 0 Å². The number of halogens is 1. The van der Waals surface area contributed by atoms with Gasteiger partial charge < -0.3 is 5.32 Å². The van der Waals surface area contributed by atoms with E-state index in [0.717, 1.165) is 36.0 Å². The third kappa shape index (κ3) is 4.43. The predicted molar refractivity (Wildman–Crippen MR) is 79.7 cm³/mol. The quantitative estimate of drug-likeness (QED) is 0.874. The second kappa shape index (κ2) is 6.19. The van der Waals surface area contributed by atoms with E-state index in [1.165, 1.54) is 0 Å². The van der Waals surface area contributed by atoms with Crippen molar-refractivity contribution < 1.29 is 8.42 Å². The van der Waals surface area contributed by atoms with Crippen molar-refractivity contribution in [1.82, 2.24) is 10.3 Å². The van der Waals surface area contributed by atoms with Gasteiger partial charge in [-0.05, 0) is 54.4 Å². The van der Waals surface area contributed by atoms with Crippen LogP contribution in [-0.2, 0) is 10.0 Å². The minimum atomic E-state index is -3.35. The molecule has 106 valence electrons. The summed E-state index contributed by atoms with van der Waals surface area (Å²) in [5, 5.41) is 3.23. The van der Waals surface area contributed by atoms with Crippen LogP contribution >= 0.6 is 15.9 Å². The highest BCUT2D eigenvalue weighted by atomic mass is 79.9. The van der Waals surface area contributed by atoms with Gasteiger partial charge in [0.1, 0.15) is 5.82 Å². The second-order valence-electron chi connectivity index (χ2n) is 4.79. The summed E-state index contributed by atoms with van der Waals surface area (Å²) >= 11 is 3.34. The molecule has 0 amide bonds. The molecule has 1 aliphatic heterocycles. The van der Waals surface area contributed by atoms with Crippen LogP contribution in [-0.4, -0.2) is 31.7 Å². The molecule has 19 heavy (non-hydrogen) atoms. The van der Waals surface area contributed by atoms with Gasteiger partial charge in [-0.2, -0.15) is 0 Å². The average molecular weight is 348 g/mol. The molecular weight excluding hydrogens is 330 g/mol. The number of hydrogen-bond acceptors (Lipinski definition) is 4. The van der Waals surface area contributed by atoms with E-state index in [1.54, 1.807) is 12.1 Å². The van der Waals surface area contributed by atoms with E-state index in [2.05, 4.69) is 31.0 Å². The lowest BCUT2D eigenvalue weighted by Crippen LogP contribution is -2.40. The summed E-state index contributed by atoms with van der Waals surface area (Å²) in [5.74, 6) is 0.473. The summed E-state index contributed by atoms with van der Waals surface area (Å²) in [6.07, 6.45) is 3.12. The van der Waals surface area contributed by atoms with Crippen LogP contribution in [0.1, 0.15) is 25.0 Å².